The zero-order chi connectivity index (χ0) is 12.8. The van der Waals surface area contributed by atoms with Gasteiger partial charge in [-0.3, -0.25) is 4.98 Å². The number of aryl methyl sites for hydroxylation is 1. The molecule has 90 valence electrons. The Kier molecular flexibility index (Phi) is 2.10. The SMILES string of the molecule is Cc1ccc2c(ccc3c4ccccc4cnc23)c1. The van der Waals surface area contributed by atoms with Gasteiger partial charge in [0.05, 0.1) is 5.52 Å². The molecule has 3 aromatic carbocycles. The number of fused-ring (bicyclic) bond motifs is 5. The first-order valence-electron chi connectivity index (χ1n) is 6.50. The molecule has 0 N–H and O–H groups in total. The van der Waals surface area contributed by atoms with E-state index in [9.17, 15) is 0 Å². The molecular formula is C18H13N. The number of aromatic nitrogens is 1. The Balaban J connectivity index is 2.26. The quantitative estimate of drug-likeness (QED) is 0.402. The maximum Gasteiger partial charge on any atom is 0.0786 e. The van der Waals surface area contributed by atoms with Crippen LogP contribution in [0, 0.1) is 6.92 Å². The minimum absolute atomic E-state index is 1.09. The molecule has 1 aromatic heterocycles. The second-order valence-corrected chi connectivity index (χ2v) is 5.03. The molecule has 0 aliphatic carbocycles. The number of hydrogen-bond acceptors (Lipinski definition) is 1. The highest BCUT2D eigenvalue weighted by molar-refractivity contribution is 6.14. The van der Waals surface area contributed by atoms with Crippen molar-refractivity contribution in [3.63, 3.8) is 0 Å². The Morgan fingerprint density at radius 3 is 2.53 bits per heavy atom. The third-order valence-electron chi connectivity index (χ3n) is 3.73. The van der Waals surface area contributed by atoms with Crippen molar-refractivity contribution in [3.8, 4) is 0 Å². The largest absolute Gasteiger partial charge is 0.255 e. The maximum atomic E-state index is 4.67. The summed E-state index contributed by atoms with van der Waals surface area (Å²) in [5.74, 6) is 0. The van der Waals surface area contributed by atoms with E-state index in [0.717, 1.165) is 5.52 Å². The Bertz CT molecular complexity index is 922. The van der Waals surface area contributed by atoms with Gasteiger partial charge >= 0.3 is 0 Å². The Hall–Kier alpha value is -2.41. The van der Waals surface area contributed by atoms with Crippen molar-refractivity contribution < 1.29 is 0 Å². The van der Waals surface area contributed by atoms with Gasteiger partial charge in [-0.05, 0) is 17.7 Å². The molecule has 0 amide bonds. The fourth-order valence-corrected chi connectivity index (χ4v) is 2.78. The van der Waals surface area contributed by atoms with E-state index in [1.165, 1.54) is 32.5 Å². The van der Waals surface area contributed by atoms with E-state index in [1.54, 1.807) is 0 Å². The third kappa shape index (κ3) is 1.52. The summed E-state index contributed by atoms with van der Waals surface area (Å²) in [5.41, 5.74) is 2.38. The summed E-state index contributed by atoms with van der Waals surface area (Å²) < 4.78 is 0. The second-order valence-electron chi connectivity index (χ2n) is 5.03. The Morgan fingerprint density at radius 2 is 1.58 bits per heavy atom. The summed E-state index contributed by atoms with van der Waals surface area (Å²) in [7, 11) is 0. The fourth-order valence-electron chi connectivity index (χ4n) is 2.78. The van der Waals surface area contributed by atoms with E-state index < -0.39 is 0 Å². The molecule has 0 aliphatic heterocycles. The van der Waals surface area contributed by atoms with Gasteiger partial charge in [0, 0.05) is 22.4 Å². The number of pyridine rings is 1. The molecule has 1 nitrogen and oxygen atoms in total. The minimum Gasteiger partial charge on any atom is -0.255 e. The van der Waals surface area contributed by atoms with Gasteiger partial charge in [-0.2, -0.15) is 0 Å². The van der Waals surface area contributed by atoms with Gasteiger partial charge in [-0.1, -0.05) is 60.2 Å². The number of benzene rings is 3. The van der Waals surface area contributed by atoms with Crippen molar-refractivity contribution in [1.29, 1.82) is 0 Å². The van der Waals surface area contributed by atoms with Crippen LogP contribution in [0.2, 0.25) is 0 Å². The summed E-state index contributed by atoms with van der Waals surface area (Å²) in [4.78, 5) is 4.67. The molecule has 1 heteroatoms. The van der Waals surface area contributed by atoms with Gasteiger partial charge in [-0.15, -0.1) is 0 Å². The molecule has 4 aromatic rings. The van der Waals surface area contributed by atoms with E-state index in [0.29, 0.717) is 0 Å². The third-order valence-corrected chi connectivity index (χ3v) is 3.73. The van der Waals surface area contributed by atoms with Crippen molar-refractivity contribution >= 4 is 32.4 Å². The molecular weight excluding hydrogens is 230 g/mol. The van der Waals surface area contributed by atoms with Crippen LogP contribution in [0.25, 0.3) is 32.4 Å². The lowest BCUT2D eigenvalue weighted by molar-refractivity contribution is 1.45. The molecule has 0 saturated heterocycles. The van der Waals surface area contributed by atoms with Crippen LogP contribution in [0.5, 0.6) is 0 Å². The average Bonchev–Trinajstić information content (AvgIpc) is 2.46. The molecule has 0 atom stereocenters. The molecule has 1 heterocycles. The zero-order valence-electron chi connectivity index (χ0n) is 10.7. The second kappa shape index (κ2) is 3.79. The Labute approximate surface area is 111 Å². The molecule has 0 unspecified atom stereocenters. The van der Waals surface area contributed by atoms with Crippen molar-refractivity contribution in [3.05, 3.63) is 66.4 Å². The first-order chi connectivity index (χ1) is 9.33. The maximum absolute atomic E-state index is 4.67. The molecule has 4 rings (SSSR count). The molecule has 0 aliphatic rings. The molecule has 0 saturated carbocycles. The van der Waals surface area contributed by atoms with Crippen molar-refractivity contribution in [2.75, 3.05) is 0 Å². The fraction of sp³-hybridized carbons (Fsp3) is 0.0556. The molecule has 0 radical (unpaired) electrons. The first kappa shape index (κ1) is 10.5. The zero-order valence-corrected chi connectivity index (χ0v) is 10.7. The van der Waals surface area contributed by atoms with Crippen molar-refractivity contribution in [2.24, 2.45) is 0 Å². The van der Waals surface area contributed by atoms with Gasteiger partial charge in [0.2, 0.25) is 0 Å². The van der Waals surface area contributed by atoms with E-state index in [1.807, 2.05) is 6.20 Å². The summed E-state index contributed by atoms with van der Waals surface area (Å²) in [6.45, 7) is 2.12. The highest BCUT2D eigenvalue weighted by atomic mass is 14.7. The van der Waals surface area contributed by atoms with Crippen LogP contribution in [0.4, 0.5) is 0 Å². The van der Waals surface area contributed by atoms with Crippen molar-refractivity contribution in [2.45, 2.75) is 6.92 Å². The van der Waals surface area contributed by atoms with E-state index in [-0.39, 0.29) is 0 Å². The normalized spacial score (nSPS) is 11.4. The predicted molar refractivity (Wildman–Crippen MR) is 81.5 cm³/mol. The summed E-state index contributed by atoms with van der Waals surface area (Å²) >= 11 is 0. The lowest BCUT2D eigenvalue weighted by Crippen LogP contribution is -1.84. The van der Waals surface area contributed by atoms with E-state index in [2.05, 4.69) is 66.5 Å². The molecule has 0 fully saturated rings. The van der Waals surface area contributed by atoms with Crippen LogP contribution in [0.15, 0.2) is 60.8 Å². The summed E-state index contributed by atoms with van der Waals surface area (Å²) in [6.07, 6.45) is 1.97. The lowest BCUT2D eigenvalue weighted by Gasteiger charge is -2.07. The average molecular weight is 243 g/mol. The Morgan fingerprint density at radius 1 is 0.737 bits per heavy atom. The van der Waals surface area contributed by atoms with Gasteiger partial charge < -0.3 is 0 Å². The highest BCUT2D eigenvalue weighted by Crippen LogP contribution is 2.29. The molecule has 19 heavy (non-hydrogen) atoms. The standard InChI is InChI=1S/C18H13N/c1-12-6-8-16-13(10-12)7-9-17-15-5-3-2-4-14(15)11-19-18(16)17/h2-11H,1H3. The van der Waals surface area contributed by atoms with E-state index >= 15 is 0 Å². The first-order valence-corrected chi connectivity index (χ1v) is 6.50. The van der Waals surface area contributed by atoms with Crippen LogP contribution < -0.4 is 0 Å². The minimum atomic E-state index is 1.09. The van der Waals surface area contributed by atoms with Crippen LogP contribution in [0.1, 0.15) is 5.56 Å². The van der Waals surface area contributed by atoms with Gasteiger partial charge in [-0.25, -0.2) is 0 Å². The monoisotopic (exact) mass is 243 g/mol. The molecule has 0 bridgehead atoms. The topological polar surface area (TPSA) is 12.9 Å². The number of hydrogen-bond donors (Lipinski definition) is 0. The van der Waals surface area contributed by atoms with Gasteiger partial charge in [0.15, 0.2) is 0 Å². The summed E-state index contributed by atoms with van der Waals surface area (Å²) in [5, 5.41) is 6.19. The van der Waals surface area contributed by atoms with Gasteiger partial charge in [0.25, 0.3) is 0 Å². The lowest BCUT2D eigenvalue weighted by atomic mass is 10.0. The van der Waals surface area contributed by atoms with Crippen LogP contribution in [0.3, 0.4) is 0 Å². The molecule has 0 spiro atoms. The van der Waals surface area contributed by atoms with Crippen LogP contribution >= 0.6 is 0 Å². The smallest absolute Gasteiger partial charge is 0.0786 e. The number of rotatable bonds is 0. The van der Waals surface area contributed by atoms with Crippen molar-refractivity contribution in [1.82, 2.24) is 4.98 Å². The predicted octanol–water partition coefficient (Wildman–Crippen LogP) is 4.85. The highest BCUT2D eigenvalue weighted by Gasteiger charge is 2.05. The van der Waals surface area contributed by atoms with Crippen LogP contribution in [-0.4, -0.2) is 4.98 Å². The van der Waals surface area contributed by atoms with Crippen LogP contribution in [-0.2, 0) is 0 Å². The summed E-state index contributed by atoms with van der Waals surface area (Å²) in [6, 6.07) is 19.3. The van der Waals surface area contributed by atoms with E-state index in [4.69, 9.17) is 0 Å². The van der Waals surface area contributed by atoms with Gasteiger partial charge in [0.1, 0.15) is 0 Å². The number of nitrogens with zero attached hydrogens (tertiary/aromatic N) is 1.